The van der Waals surface area contributed by atoms with Gasteiger partial charge in [-0.1, -0.05) is 27.5 Å². The number of nitrogens with one attached hydrogen (secondary N) is 2. The predicted molar refractivity (Wildman–Crippen MR) is 85.7 cm³/mol. The Kier molecular flexibility index (Phi) is 7.18. The molecule has 0 aliphatic rings. The molecular weight excluding hydrogens is 368 g/mol. The van der Waals surface area contributed by atoms with Gasteiger partial charge in [0.15, 0.2) is 0 Å². The molecule has 3 N–H and O–H groups in total. The maximum absolute atomic E-state index is 11.8. The third-order valence-electron chi connectivity index (χ3n) is 2.39. The number of rotatable bonds is 6. The maximum Gasteiger partial charge on any atom is 0.326 e. The highest BCUT2D eigenvalue weighted by molar-refractivity contribution is 9.10. The van der Waals surface area contributed by atoms with E-state index in [1.54, 1.807) is 18.2 Å². The van der Waals surface area contributed by atoms with E-state index >= 15 is 0 Å². The van der Waals surface area contributed by atoms with E-state index in [-0.39, 0.29) is 0 Å². The highest BCUT2D eigenvalue weighted by Crippen LogP contribution is 2.25. The van der Waals surface area contributed by atoms with Crippen LogP contribution in [0.2, 0.25) is 5.02 Å². The monoisotopic (exact) mass is 380 g/mol. The van der Waals surface area contributed by atoms with Crippen LogP contribution >= 0.6 is 39.3 Å². The Morgan fingerprint density at radius 3 is 2.75 bits per heavy atom. The largest absolute Gasteiger partial charge is 0.480 e. The van der Waals surface area contributed by atoms with Gasteiger partial charge < -0.3 is 15.7 Å². The molecule has 8 heteroatoms. The van der Waals surface area contributed by atoms with Crippen LogP contribution in [0.25, 0.3) is 0 Å². The van der Waals surface area contributed by atoms with Crippen LogP contribution in [0.15, 0.2) is 22.7 Å². The smallest absolute Gasteiger partial charge is 0.326 e. The Bertz CT molecular complexity index is 502. The average Bonchev–Trinajstić information content (AvgIpc) is 2.37. The fourth-order valence-corrected chi connectivity index (χ4v) is 2.59. The quantitative estimate of drug-likeness (QED) is 0.705. The van der Waals surface area contributed by atoms with Gasteiger partial charge in [-0.15, -0.1) is 0 Å². The van der Waals surface area contributed by atoms with Gasteiger partial charge in [-0.25, -0.2) is 9.59 Å². The number of hydrogen-bond acceptors (Lipinski definition) is 3. The van der Waals surface area contributed by atoms with Crippen LogP contribution in [-0.4, -0.2) is 35.2 Å². The van der Waals surface area contributed by atoms with Crippen LogP contribution in [0.1, 0.15) is 6.42 Å². The lowest BCUT2D eigenvalue weighted by atomic mass is 10.2. The van der Waals surface area contributed by atoms with Crippen LogP contribution in [0.5, 0.6) is 0 Å². The van der Waals surface area contributed by atoms with Crippen molar-refractivity contribution in [1.82, 2.24) is 5.32 Å². The van der Waals surface area contributed by atoms with Crippen LogP contribution in [0.4, 0.5) is 10.5 Å². The molecule has 1 aromatic rings. The number of anilines is 1. The van der Waals surface area contributed by atoms with E-state index in [0.717, 1.165) is 4.47 Å². The fourth-order valence-electron chi connectivity index (χ4n) is 1.40. The molecule has 0 spiro atoms. The minimum absolute atomic E-state index is 0.359. The molecule has 0 fully saturated rings. The molecule has 0 radical (unpaired) electrons. The summed E-state index contributed by atoms with van der Waals surface area (Å²) < 4.78 is 0.789. The zero-order valence-electron chi connectivity index (χ0n) is 10.7. The SMILES string of the molecule is CSCCC(NC(=O)Nc1ccc(Br)cc1Cl)C(=O)O. The maximum atomic E-state index is 11.8. The normalized spacial score (nSPS) is 11.8. The van der Waals surface area contributed by atoms with Gasteiger partial charge in [-0.2, -0.15) is 11.8 Å². The van der Waals surface area contributed by atoms with Gasteiger partial charge in [0, 0.05) is 4.47 Å². The van der Waals surface area contributed by atoms with E-state index in [1.165, 1.54) is 11.8 Å². The number of carboxylic acid groups (broad SMARTS) is 1. The second-order valence-corrected chi connectivity index (χ2v) is 6.20. The number of urea groups is 1. The molecule has 0 saturated carbocycles. The van der Waals surface area contributed by atoms with Crippen LogP contribution < -0.4 is 10.6 Å². The zero-order valence-corrected chi connectivity index (χ0v) is 13.8. The van der Waals surface area contributed by atoms with Crippen LogP contribution in [0.3, 0.4) is 0 Å². The number of thioether (sulfide) groups is 1. The van der Waals surface area contributed by atoms with Crippen molar-refractivity contribution in [3.8, 4) is 0 Å². The third kappa shape index (κ3) is 5.60. The molecule has 0 aliphatic heterocycles. The predicted octanol–water partition coefficient (Wildman–Crippen LogP) is 3.43. The summed E-state index contributed by atoms with van der Waals surface area (Å²) in [6, 6.07) is 3.48. The summed E-state index contributed by atoms with van der Waals surface area (Å²) in [7, 11) is 0. The molecule has 0 aliphatic carbocycles. The van der Waals surface area contributed by atoms with E-state index in [0.29, 0.717) is 22.9 Å². The Labute approximate surface area is 134 Å². The Hall–Kier alpha value is -0.920. The summed E-state index contributed by atoms with van der Waals surface area (Å²) >= 11 is 10.7. The van der Waals surface area contributed by atoms with E-state index in [1.807, 2.05) is 6.26 Å². The van der Waals surface area contributed by atoms with Gasteiger partial charge in [0.2, 0.25) is 0 Å². The number of benzene rings is 1. The summed E-state index contributed by atoms with van der Waals surface area (Å²) in [6.07, 6.45) is 2.23. The minimum Gasteiger partial charge on any atom is -0.480 e. The van der Waals surface area contributed by atoms with Crippen molar-refractivity contribution in [2.45, 2.75) is 12.5 Å². The first-order chi connectivity index (χ1) is 9.43. The molecule has 1 unspecified atom stereocenters. The van der Waals surface area contributed by atoms with Gasteiger partial charge in [0.05, 0.1) is 10.7 Å². The number of carbonyl (C=O) groups excluding carboxylic acids is 1. The standard InChI is InChI=1S/C12H14BrClN2O3S/c1-20-5-4-10(11(17)18)16-12(19)15-9-3-2-7(13)6-8(9)14/h2-3,6,10H,4-5H2,1H3,(H,17,18)(H2,15,16,19). The molecule has 0 bridgehead atoms. The summed E-state index contributed by atoms with van der Waals surface area (Å²) in [4.78, 5) is 22.8. The number of amides is 2. The second-order valence-electron chi connectivity index (χ2n) is 3.89. The number of carbonyl (C=O) groups is 2. The first-order valence-electron chi connectivity index (χ1n) is 5.68. The lowest BCUT2D eigenvalue weighted by Crippen LogP contribution is -2.43. The summed E-state index contributed by atoms with van der Waals surface area (Å²) in [5.74, 6) is -0.410. The van der Waals surface area contributed by atoms with Crippen molar-refractivity contribution >= 4 is 57.0 Å². The molecule has 0 saturated heterocycles. The third-order valence-corrected chi connectivity index (χ3v) is 3.84. The lowest BCUT2D eigenvalue weighted by molar-refractivity contribution is -0.139. The zero-order chi connectivity index (χ0) is 15.1. The van der Waals surface area contributed by atoms with Crippen molar-refractivity contribution < 1.29 is 14.7 Å². The molecule has 2 amide bonds. The summed E-state index contributed by atoms with van der Waals surface area (Å²) in [5.41, 5.74) is 0.418. The highest BCUT2D eigenvalue weighted by atomic mass is 79.9. The minimum atomic E-state index is -1.06. The number of halogens is 2. The first-order valence-corrected chi connectivity index (χ1v) is 8.25. The van der Waals surface area contributed by atoms with E-state index in [9.17, 15) is 9.59 Å². The molecule has 1 rings (SSSR count). The summed E-state index contributed by atoms with van der Waals surface area (Å²) in [5, 5.41) is 14.3. The molecule has 5 nitrogen and oxygen atoms in total. The molecule has 110 valence electrons. The van der Waals surface area contributed by atoms with Crippen molar-refractivity contribution in [3.63, 3.8) is 0 Å². The molecule has 0 heterocycles. The Morgan fingerprint density at radius 1 is 1.50 bits per heavy atom. The van der Waals surface area contributed by atoms with Crippen molar-refractivity contribution in [2.24, 2.45) is 0 Å². The van der Waals surface area contributed by atoms with E-state index in [2.05, 4.69) is 26.6 Å². The lowest BCUT2D eigenvalue weighted by Gasteiger charge is -2.15. The fraction of sp³-hybridized carbons (Fsp3) is 0.333. The van der Waals surface area contributed by atoms with Gasteiger partial charge in [0.1, 0.15) is 6.04 Å². The van der Waals surface area contributed by atoms with Crippen molar-refractivity contribution in [3.05, 3.63) is 27.7 Å². The topological polar surface area (TPSA) is 78.4 Å². The van der Waals surface area contributed by atoms with Gasteiger partial charge >= 0.3 is 12.0 Å². The molecular formula is C12H14BrClN2O3S. The molecule has 20 heavy (non-hydrogen) atoms. The number of aliphatic carboxylic acids is 1. The molecule has 1 aromatic carbocycles. The van der Waals surface area contributed by atoms with Gasteiger partial charge in [-0.3, -0.25) is 0 Å². The van der Waals surface area contributed by atoms with E-state index in [4.69, 9.17) is 16.7 Å². The van der Waals surface area contributed by atoms with Crippen LogP contribution in [0, 0.1) is 0 Å². The Balaban J connectivity index is 2.63. The van der Waals surface area contributed by atoms with Crippen LogP contribution in [-0.2, 0) is 4.79 Å². The number of hydrogen-bond donors (Lipinski definition) is 3. The Morgan fingerprint density at radius 2 is 2.20 bits per heavy atom. The van der Waals surface area contributed by atoms with Gasteiger partial charge in [0.25, 0.3) is 0 Å². The molecule has 0 aromatic heterocycles. The summed E-state index contributed by atoms with van der Waals surface area (Å²) in [6.45, 7) is 0. The van der Waals surface area contributed by atoms with Gasteiger partial charge in [-0.05, 0) is 36.6 Å². The van der Waals surface area contributed by atoms with E-state index < -0.39 is 18.0 Å². The highest BCUT2D eigenvalue weighted by Gasteiger charge is 2.19. The average molecular weight is 382 g/mol. The number of carboxylic acids is 1. The molecule has 1 atom stereocenters. The second kappa shape index (κ2) is 8.39. The van der Waals surface area contributed by atoms with Crippen molar-refractivity contribution in [2.75, 3.05) is 17.3 Å². The first kappa shape index (κ1) is 17.1. The van der Waals surface area contributed by atoms with Crippen molar-refractivity contribution in [1.29, 1.82) is 0 Å².